The highest BCUT2D eigenvalue weighted by molar-refractivity contribution is 7.93. The zero-order valence-corrected chi connectivity index (χ0v) is 13.8. The van der Waals surface area contributed by atoms with E-state index in [0.717, 1.165) is 36.4 Å². The van der Waals surface area contributed by atoms with Gasteiger partial charge in [-0.3, -0.25) is 0 Å². The maximum absolute atomic E-state index is 14.1. The third-order valence-corrected chi connectivity index (χ3v) is 5.54. The van der Waals surface area contributed by atoms with Gasteiger partial charge < -0.3 is 0 Å². The summed E-state index contributed by atoms with van der Waals surface area (Å²) in [5, 5.41) is -13.0. The fraction of sp³-hybridized carbons (Fsp3) is 0.250. The van der Waals surface area contributed by atoms with E-state index >= 15 is 0 Å². The Morgan fingerprint density at radius 2 is 0.778 bits per heavy atom. The highest BCUT2D eigenvalue weighted by atomic mass is 32.2. The molecule has 11 heteroatoms. The first-order valence-electron chi connectivity index (χ1n) is 7.07. The minimum Gasteiger partial charge on any atom is -0.216 e. The molecule has 0 spiro atoms. The van der Waals surface area contributed by atoms with Gasteiger partial charge in [0.25, 0.3) is 9.84 Å². The Bertz CT molecular complexity index is 827. The van der Waals surface area contributed by atoms with Crippen LogP contribution in [0.15, 0.2) is 60.7 Å². The molecule has 0 bridgehead atoms. The average molecular weight is 418 g/mol. The van der Waals surface area contributed by atoms with Crippen molar-refractivity contribution in [3.8, 4) is 0 Å². The van der Waals surface area contributed by atoms with Crippen molar-refractivity contribution < 1.29 is 43.5 Å². The molecule has 2 aromatic carbocycles. The molecule has 0 N–H and O–H groups in total. The van der Waals surface area contributed by atoms with Crippen molar-refractivity contribution in [3.05, 3.63) is 71.8 Å². The number of sulfone groups is 1. The topological polar surface area (TPSA) is 34.1 Å². The van der Waals surface area contributed by atoms with Gasteiger partial charge in [0.2, 0.25) is 0 Å². The summed E-state index contributed by atoms with van der Waals surface area (Å²) in [4.78, 5) is 0. The molecular formula is C16H10F8O2S. The quantitative estimate of drug-likeness (QED) is 0.607. The molecule has 27 heavy (non-hydrogen) atoms. The molecule has 0 saturated carbocycles. The van der Waals surface area contributed by atoms with Gasteiger partial charge in [0.05, 0.1) is 0 Å². The van der Waals surface area contributed by atoms with Crippen LogP contribution in [-0.4, -0.2) is 18.9 Å². The second-order valence-electron chi connectivity index (χ2n) is 5.42. The van der Waals surface area contributed by atoms with Crippen LogP contribution in [0.3, 0.4) is 0 Å². The van der Waals surface area contributed by atoms with Crippen LogP contribution in [0.5, 0.6) is 0 Å². The largest absolute Gasteiger partial charge is 0.417 e. The molecule has 0 atom stereocenters. The standard InChI is InChI=1S/C16H10F8O2S/c17-13(18,11-7-3-1-4-8-11)15(21,22)27(25,26)16(23,24)14(19,20)12-9-5-2-6-10-12/h1-10H. The molecule has 2 rings (SSSR count). The summed E-state index contributed by atoms with van der Waals surface area (Å²) in [6.07, 6.45) is 0. The van der Waals surface area contributed by atoms with E-state index in [1.807, 2.05) is 0 Å². The molecule has 0 heterocycles. The maximum Gasteiger partial charge on any atom is 0.417 e. The Morgan fingerprint density at radius 3 is 1.04 bits per heavy atom. The predicted molar refractivity (Wildman–Crippen MR) is 79.5 cm³/mol. The van der Waals surface area contributed by atoms with Gasteiger partial charge in [0.1, 0.15) is 0 Å². The van der Waals surface area contributed by atoms with Gasteiger partial charge in [0.15, 0.2) is 0 Å². The van der Waals surface area contributed by atoms with Crippen molar-refractivity contribution in [2.75, 3.05) is 0 Å². The summed E-state index contributed by atoms with van der Waals surface area (Å²) < 4.78 is 136. The number of benzene rings is 2. The molecule has 0 aliphatic carbocycles. The van der Waals surface area contributed by atoms with Gasteiger partial charge in [-0.2, -0.15) is 35.1 Å². The molecular weight excluding hydrogens is 408 g/mol. The van der Waals surface area contributed by atoms with E-state index in [1.165, 1.54) is 0 Å². The Balaban J connectivity index is 2.61. The smallest absolute Gasteiger partial charge is 0.216 e. The minimum atomic E-state index is -7.72. The minimum absolute atomic E-state index is 0.358. The Hall–Kier alpha value is -2.17. The molecule has 0 fully saturated rings. The summed E-state index contributed by atoms with van der Waals surface area (Å²) in [7, 11) is -7.72. The molecule has 0 aliphatic heterocycles. The van der Waals surface area contributed by atoms with Crippen molar-refractivity contribution in [1.82, 2.24) is 0 Å². The fourth-order valence-electron chi connectivity index (χ4n) is 2.13. The second-order valence-corrected chi connectivity index (χ2v) is 7.45. The van der Waals surface area contributed by atoms with Crippen molar-refractivity contribution >= 4 is 9.84 Å². The van der Waals surface area contributed by atoms with E-state index < -0.39 is 43.3 Å². The maximum atomic E-state index is 14.1. The molecule has 0 saturated heterocycles. The average Bonchev–Trinajstić information content (AvgIpc) is 2.62. The highest BCUT2D eigenvalue weighted by Gasteiger charge is 2.79. The van der Waals surface area contributed by atoms with E-state index in [1.54, 1.807) is 0 Å². The Kier molecular flexibility index (Phi) is 5.06. The summed E-state index contributed by atoms with van der Waals surface area (Å²) >= 11 is 0. The molecule has 0 aromatic heterocycles. The van der Waals surface area contributed by atoms with E-state index in [2.05, 4.69) is 0 Å². The lowest BCUT2D eigenvalue weighted by molar-refractivity contribution is -0.191. The molecule has 2 nitrogen and oxygen atoms in total. The normalized spacial score (nSPS) is 14.2. The van der Waals surface area contributed by atoms with Crippen LogP contribution in [0.1, 0.15) is 11.1 Å². The van der Waals surface area contributed by atoms with Gasteiger partial charge in [0, 0.05) is 11.1 Å². The molecule has 148 valence electrons. The second kappa shape index (κ2) is 6.47. The van der Waals surface area contributed by atoms with Crippen LogP contribution >= 0.6 is 0 Å². The SMILES string of the molecule is O=S(=O)(C(F)(F)C(F)(F)c1ccccc1)C(F)(F)C(F)(F)c1ccccc1. The lowest BCUT2D eigenvalue weighted by Gasteiger charge is -2.33. The van der Waals surface area contributed by atoms with Crippen LogP contribution in [0.4, 0.5) is 35.1 Å². The van der Waals surface area contributed by atoms with Gasteiger partial charge in [-0.05, 0) is 0 Å². The Morgan fingerprint density at radius 1 is 0.519 bits per heavy atom. The van der Waals surface area contributed by atoms with Crippen LogP contribution < -0.4 is 0 Å². The van der Waals surface area contributed by atoms with Crippen LogP contribution in [0.25, 0.3) is 0 Å². The van der Waals surface area contributed by atoms with Crippen molar-refractivity contribution in [1.29, 1.82) is 0 Å². The third kappa shape index (κ3) is 2.97. The lowest BCUT2D eigenvalue weighted by atomic mass is 10.1. The third-order valence-electron chi connectivity index (χ3n) is 3.68. The number of rotatable bonds is 6. The fourth-order valence-corrected chi connectivity index (χ4v) is 3.36. The summed E-state index contributed by atoms with van der Waals surface area (Å²) in [5.74, 6) is -11.4. The zero-order valence-electron chi connectivity index (χ0n) is 13.0. The molecule has 0 amide bonds. The summed E-state index contributed by atoms with van der Waals surface area (Å²) in [6, 6.07) is 6.95. The van der Waals surface area contributed by atoms with E-state index in [-0.39, 0.29) is 0 Å². The van der Waals surface area contributed by atoms with Gasteiger partial charge in [-0.15, -0.1) is 0 Å². The van der Waals surface area contributed by atoms with Crippen LogP contribution in [0.2, 0.25) is 0 Å². The number of hydrogen-bond donors (Lipinski definition) is 0. The number of hydrogen-bond acceptors (Lipinski definition) is 2. The number of halogens is 8. The van der Waals surface area contributed by atoms with Crippen LogP contribution in [-0.2, 0) is 21.7 Å². The monoisotopic (exact) mass is 418 g/mol. The first kappa shape index (κ1) is 21.1. The van der Waals surface area contributed by atoms with Gasteiger partial charge in [-0.25, -0.2) is 8.42 Å². The predicted octanol–water partition coefficient (Wildman–Crippen LogP) is 5.17. The summed E-state index contributed by atoms with van der Waals surface area (Å²) in [6.45, 7) is 0. The lowest BCUT2D eigenvalue weighted by Crippen LogP contribution is -2.57. The Labute approximate surface area is 148 Å². The van der Waals surface area contributed by atoms with Gasteiger partial charge in [-0.1, -0.05) is 60.7 Å². The van der Waals surface area contributed by atoms with Crippen molar-refractivity contribution in [2.45, 2.75) is 22.4 Å². The van der Waals surface area contributed by atoms with E-state index in [9.17, 15) is 43.5 Å². The van der Waals surface area contributed by atoms with E-state index in [0.29, 0.717) is 24.3 Å². The first-order chi connectivity index (χ1) is 12.2. The molecule has 0 unspecified atom stereocenters. The molecule has 0 aliphatic rings. The number of alkyl halides is 8. The van der Waals surface area contributed by atoms with Crippen LogP contribution in [0, 0.1) is 0 Å². The van der Waals surface area contributed by atoms with Crippen molar-refractivity contribution in [3.63, 3.8) is 0 Å². The zero-order chi connectivity index (χ0) is 20.7. The summed E-state index contributed by atoms with van der Waals surface area (Å²) in [5.41, 5.74) is -3.25. The van der Waals surface area contributed by atoms with Crippen molar-refractivity contribution in [2.24, 2.45) is 0 Å². The van der Waals surface area contributed by atoms with E-state index in [4.69, 9.17) is 0 Å². The molecule has 0 radical (unpaired) electrons. The van der Waals surface area contributed by atoms with Gasteiger partial charge >= 0.3 is 22.4 Å². The molecule has 2 aromatic rings. The highest BCUT2D eigenvalue weighted by Crippen LogP contribution is 2.56. The first-order valence-corrected chi connectivity index (χ1v) is 8.56.